The summed E-state index contributed by atoms with van der Waals surface area (Å²) in [5, 5.41) is 0. The Morgan fingerprint density at radius 1 is 1.11 bits per heavy atom. The van der Waals surface area contributed by atoms with Crippen LogP contribution in [-0.4, -0.2) is 12.2 Å². The van der Waals surface area contributed by atoms with Crippen LogP contribution in [0.1, 0.15) is 67.2 Å². The van der Waals surface area contributed by atoms with Gasteiger partial charge in [0.1, 0.15) is 0 Å². The van der Waals surface area contributed by atoms with Gasteiger partial charge in [0.25, 0.3) is 0 Å². The van der Waals surface area contributed by atoms with E-state index in [9.17, 15) is 0 Å². The lowest BCUT2D eigenvalue weighted by molar-refractivity contribution is -0.0877. The quantitative estimate of drug-likeness (QED) is 0.570. The second-order valence-corrected chi connectivity index (χ2v) is 8.98. The van der Waals surface area contributed by atoms with Crippen molar-refractivity contribution in [2.24, 2.45) is 28.1 Å². The third-order valence-corrected chi connectivity index (χ3v) is 6.85. The van der Waals surface area contributed by atoms with E-state index in [0.29, 0.717) is 28.5 Å². The summed E-state index contributed by atoms with van der Waals surface area (Å²) in [5.74, 6) is 1.66. The molecule has 0 radical (unpaired) electrons. The molecule has 1 spiro atoms. The molecule has 2 aliphatic carbocycles. The summed E-state index contributed by atoms with van der Waals surface area (Å²) in [4.78, 5) is 0. The fourth-order valence-corrected chi connectivity index (χ4v) is 5.12. The highest BCUT2D eigenvalue weighted by Crippen LogP contribution is 2.68. The molecule has 3 aliphatic rings. The normalized spacial score (nSPS) is 50.3. The zero-order valence-electron chi connectivity index (χ0n) is 13.0. The Morgan fingerprint density at radius 2 is 1.78 bits per heavy atom. The summed E-state index contributed by atoms with van der Waals surface area (Å²) in [6.45, 7) is 14.8. The molecular weight excluding hydrogens is 220 g/mol. The first kappa shape index (κ1) is 13.0. The second kappa shape index (κ2) is 3.53. The van der Waals surface area contributed by atoms with Gasteiger partial charge in [0.05, 0.1) is 12.2 Å². The first-order chi connectivity index (χ1) is 8.17. The first-order valence-corrected chi connectivity index (χ1v) is 7.83. The second-order valence-electron chi connectivity index (χ2n) is 8.98. The van der Waals surface area contributed by atoms with Crippen LogP contribution in [0.2, 0.25) is 0 Å². The third-order valence-electron chi connectivity index (χ3n) is 6.85. The average Bonchev–Trinajstić information content (AvgIpc) is 2.92. The Bertz CT molecular complexity index is 351. The fourth-order valence-electron chi connectivity index (χ4n) is 5.12. The molecule has 0 bridgehead atoms. The molecule has 3 rings (SSSR count). The lowest BCUT2D eigenvalue weighted by Crippen LogP contribution is -2.49. The summed E-state index contributed by atoms with van der Waals surface area (Å²) >= 11 is 0. The molecule has 1 heteroatoms. The smallest absolute Gasteiger partial charge is 0.0873 e. The van der Waals surface area contributed by atoms with Gasteiger partial charge in [0.2, 0.25) is 0 Å². The van der Waals surface area contributed by atoms with Gasteiger partial charge in [-0.2, -0.15) is 0 Å². The highest BCUT2D eigenvalue weighted by molar-refractivity contribution is 5.15. The van der Waals surface area contributed by atoms with E-state index in [2.05, 4.69) is 41.5 Å². The van der Waals surface area contributed by atoms with Crippen LogP contribution < -0.4 is 0 Å². The Morgan fingerprint density at radius 3 is 2.28 bits per heavy atom. The Kier molecular flexibility index (Phi) is 2.55. The number of epoxide rings is 1. The van der Waals surface area contributed by atoms with Crippen molar-refractivity contribution in [2.75, 3.05) is 0 Å². The van der Waals surface area contributed by atoms with Crippen molar-refractivity contribution in [2.45, 2.75) is 79.4 Å². The molecule has 1 aliphatic heterocycles. The summed E-state index contributed by atoms with van der Waals surface area (Å²) < 4.78 is 5.81. The Balaban J connectivity index is 1.90. The minimum absolute atomic E-state index is 0.469. The van der Waals surface area contributed by atoms with Gasteiger partial charge in [0.15, 0.2) is 0 Å². The maximum atomic E-state index is 5.81. The molecular formula is C17H30O. The topological polar surface area (TPSA) is 12.5 Å². The van der Waals surface area contributed by atoms with E-state index in [1.807, 2.05) is 0 Å². The molecule has 1 unspecified atom stereocenters. The van der Waals surface area contributed by atoms with Crippen molar-refractivity contribution in [3.05, 3.63) is 0 Å². The van der Waals surface area contributed by atoms with E-state index < -0.39 is 0 Å². The van der Waals surface area contributed by atoms with Crippen molar-refractivity contribution in [1.29, 1.82) is 0 Å². The lowest BCUT2D eigenvalue weighted by Gasteiger charge is -2.56. The standard InChI is InChI=1S/C17H30O/c1-11-14-13(18-14)10-17(11)9-12(15(2,3)4)7-8-16(17,5)6/h11-14H,7-10H2,1-6H3/t11-,12+,13?,14+,17+/m1/s1. The van der Waals surface area contributed by atoms with Crippen LogP contribution in [0.3, 0.4) is 0 Å². The maximum absolute atomic E-state index is 5.81. The number of hydrogen-bond donors (Lipinski definition) is 0. The van der Waals surface area contributed by atoms with Crippen molar-refractivity contribution in [1.82, 2.24) is 0 Å². The molecule has 1 heterocycles. The zero-order valence-corrected chi connectivity index (χ0v) is 13.0. The van der Waals surface area contributed by atoms with Crippen LogP contribution in [0.5, 0.6) is 0 Å². The third kappa shape index (κ3) is 1.62. The monoisotopic (exact) mass is 250 g/mol. The number of rotatable bonds is 0. The molecule has 0 aromatic rings. The molecule has 2 saturated carbocycles. The fraction of sp³-hybridized carbons (Fsp3) is 1.00. The Labute approximate surface area is 113 Å². The van der Waals surface area contributed by atoms with Gasteiger partial charge in [0, 0.05) is 0 Å². The summed E-state index contributed by atoms with van der Waals surface area (Å²) in [7, 11) is 0. The van der Waals surface area contributed by atoms with Gasteiger partial charge in [-0.1, -0.05) is 41.5 Å². The van der Waals surface area contributed by atoms with Crippen molar-refractivity contribution in [3.63, 3.8) is 0 Å². The van der Waals surface area contributed by atoms with E-state index in [-0.39, 0.29) is 0 Å². The summed E-state index contributed by atoms with van der Waals surface area (Å²) in [6.07, 6.45) is 6.79. The molecule has 3 fully saturated rings. The zero-order chi connectivity index (χ0) is 13.3. The van der Waals surface area contributed by atoms with Crippen LogP contribution in [0.4, 0.5) is 0 Å². The molecule has 18 heavy (non-hydrogen) atoms. The lowest BCUT2D eigenvalue weighted by atomic mass is 9.49. The highest BCUT2D eigenvalue weighted by atomic mass is 16.6. The van der Waals surface area contributed by atoms with Crippen LogP contribution in [0, 0.1) is 28.1 Å². The van der Waals surface area contributed by atoms with Gasteiger partial charge in [-0.25, -0.2) is 0 Å². The SMILES string of the molecule is C[C@@H]1[C@@H]2OC2C[C@@]12C[C@@H](C(C)(C)C)CCC2(C)C. The molecule has 5 atom stereocenters. The number of hydrogen-bond acceptors (Lipinski definition) is 1. The van der Waals surface area contributed by atoms with Gasteiger partial charge in [-0.15, -0.1) is 0 Å². The van der Waals surface area contributed by atoms with Gasteiger partial charge in [-0.3, -0.25) is 0 Å². The van der Waals surface area contributed by atoms with Crippen molar-refractivity contribution < 1.29 is 4.74 Å². The average molecular weight is 250 g/mol. The van der Waals surface area contributed by atoms with Crippen LogP contribution in [0.25, 0.3) is 0 Å². The van der Waals surface area contributed by atoms with Gasteiger partial charge >= 0.3 is 0 Å². The predicted molar refractivity (Wildman–Crippen MR) is 75.5 cm³/mol. The first-order valence-electron chi connectivity index (χ1n) is 7.83. The van der Waals surface area contributed by atoms with Gasteiger partial charge < -0.3 is 4.74 Å². The molecule has 1 nitrogen and oxygen atoms in total. The van der Waals surface area contributed by atoms with E-state index in [1.165, 1.54) is 25.7 Å². The summed E-state index contributed by atoms with van der Waals surface area (Å²) in [6, 6.07) is 0. The summed E-state index contributed by atoms with van der Waals surface area (Å²) in [5.41, 5.74) is 1.53. The molecule has 0 N–H and O–H groups in total. The van der Waals surface area contributed by atoms with Gasteiger partial charge in [-0.05, 0) is 53.8 Å². The van der Waals surface area contributed by atoms with Crippen LogP contribution >= 0.6 is 0 Å². The maximum Gasteiger partial charge on any atom is 0.0873 e. The molecule has 0 aromatic carbocycles. The highest BCUT2D eigenvalue weighted by Gasteiger charge is 2.67. The largest absolute Gasteiger partial charge is 0.369 e. The van der Waals surface area contributed by atoms with Crippen LogP contribution in [0.15, 0.2) is 0 Å². The molecule has 0 aromatic heterocycles. The van der Waals surface area contributed by atoms with Crippen molar-refractivity contribution >= 4 is 0 Å². The molecule has 1 saturated heterocycles. The molecule has 104 valence electrons. The number of fused-ring (bicyclic) bond motifs is 1. The van der Waals surface area contributed by atoms with E-state index >= 15 is 0 Å². The predicted octanol–water partition coefficient (Wildman–Crippen LogP) is 4.65. The minimum Gasteiger partial charge on any atom is -0.369 e. The van der Waals surface area contributed by atoms with Crippen molar-refractivity contribution in [3.8, 4) is 0 Å². The van der Waals surface area contributed by atoms with Crippen LogP contribution in [-0.2, 0) is 4.74 Å². The van der Waals surface area contributed by atoms with E-state index in [1.54, 1.807) is 0 Å². The van der Waals surface area contributed by atoms with E-state index in [0.717, 1.165) is 11.8 Å². The number of ether oxygens (including phenoxy) is 1. The Hall–Kier alpha value is -0.0400. The minimum atomic E-state index is 0.469. The van der Waals surface area contributed by atoms with E-state index in [4.69, 9.17) is 4.74 Å². The molecule has 0 amide bonds.